The molecule has 0 bridgehead atoms. The highest BCUT2D eigenvalue weighted by Crippen LogP contribution is 2.33. The van der Waals surface area contributed by atoms with Crippen LogP contribution in [-0.2, 0) is 6.54 Å². The van der Waals surface area contributed by atoms with Gasteiger partial charge >= 0.3 is 0 Å². The van der Waals surface area contributed by atoms with Crippen molar-refractivity contribution in [3.63, 3.8) is 0 Å². The number of carbonyl (C=O) groups excluding carboxylic acids is 1. The van der Waals surface area contributed by atoms with Crippen molar-refractivity contribution in [1.82, 2.24) is 4.98 Å². The SMILES string of the molecule is O=C1c2cc(N3CCCC3)ccc2CN1c1ccc2ncccc2c1. The number of amides is 1. The van der Waals surface area contributed by atoms with Gasteiger partial charge in [-0.3, -0.25) is 9.78 Å². The van der Waals surface area contributed by atoms with Gasteiger partial charge in [-0.1, -0.05) is 12.1 Å². The van der Waals surface area contributed by atoms with E-state index in [9.17, 15) is 4.79 Å². The number of aromatic nitrogens is 1. The molecule has 4 nitrogen and oxygen atoms in total. The molecule has 0 N–H and O–H groups in total. The first-order chi connectivity index (χ1) is 12.3. The quantitative estimate of drug-likeness (QED) is 0.713. The molecule has 0 spiro atoms. The highest BCUT2D eigenvalue weighted by Gasteiger charge is 2.29. The largest absolute Gasteiger partial charge is 0.372 e. The Bertz CT molecular complexity index is 976. The Morgan fingerprint density at radius 1 is 0.920 bits per heavy atom. The molecule has 1 aromatic heterocycles. The number of carbonyl (C=O) groups is 1. The third-order valence-corrected chi connectivity index (χ3v) is 5.27. The Morgan fingerprint density at radius 2 is 1.76 bits per heavy atom. The van der Waals surface area contributed by atoms with E-state index in [1.165, 1.54) is 18.5 Å². The first-order valence-electron chi connectivity index (χ1n) is 8.84. The summed E-state index contributed by atoms with van der Waals surface area (Å²) in [5.41, 5.74) is 5.01. The number of anilines is 2. The molecule has 0 radical (unpaired) electrons. The fraction of sp³-hybridized carbons (Fsp3) is 0.238. The molecule has 124 valence electrons. The molecule has 1 amide bonds. The molecule has 0 aliphatic carbocycles. The normalized spacial score (nSPS) is 16.7. The zero-order valence-electron chi connectivity index (χ0n) is 14.0. The Hall–Kier alpha value is -2.88. The maximum Gasteiger partial charge on any atom is 0.259 e. The maximum absolute atomic E-state index is 13.0. The lowest BCUT2D eigenvalue weighted by Crippen LogP contribution is -2.23. The van der Waals surface area contributed by atoms with Crippen LogP contribution in [0.15, 0.2) is 54.7 Å². The average molecular weight is 329 g/mol. The van der Waals surface area contributed by atoms with Gasteiger partial charge in [-0.15, -0.1) is 0 Å². The minimum atomic E-state index is 0.0966. The number of benzene rings is 2. The summed E-state index contributed by atoms with van der Waals surface area (Å²) >= 11 is 0. The first-order valence-corrected chi connectivity index (χ1v) is 8.84. The standard InChI is InChI=1S/C21H19N3O/c25-21-19-13-17(23-10-1-2-11-23)6-5-16(19)14-24(21)18-7-8-20-15(12-18)4-3-9-22-20/h3-9,12-13H,1-2,10-11,14H2. The van der Waals surface area contributed by atoms with Gasteiger partial charge in [0.05, 0.1) is 12.1 Å². The van der Waals surface area contributed by atoms with E-state index in [1.807, 2.05) is 35.2 Å². The van der Waals surface area contributed by atoms with Crippen LogP contribution in [-0.4, -0.2) is 24.0 Å². The van der Waals surface area contributed by atoms with Crippen LogP contribution >= 0.6 is 0 Å². The fourth-order valence-electron chi connectivity index (χ4n) is 3.90. The smallest absolute Gasteiger partial charge is 0.259 e. The Kier molecular flexibility index (Phi) is 3.23. The third-order valence-electron chi connectivity index (χ3n) is 5.27. The first kappa shape index (κ1) is 14.5. The summed E-state index contributed by atoms with van der Waals surface area (Å²) in [5, 5.41) is 1.06. The van der Waals surface area contributed by atoms with Crippen molar-refractivity contribution in [2.75, 3.05) is 22.9 Å². The van der Waals surface area contributed by atoms with Gasteiger partial charge in [0.25, 0.3) is 5.91 Å². The number of hydrogen-bond acceptors (Lipinski definition) is 3. The van der Waals surface area contributed by atoms with Crippen molar-refractivity contribution in [2.24, 2.45) is 0 Å². The summed E-state index contributed by atoms with van der Waals surface area (Å²) in [6.07, 6.45) is 4.27. The molecular formula is C21H19N3O. The molecular weight excluding hydrogens is 310 g/mol. The minimum absolute atomic E-state index is 0.0966. The second-order valence-corrected chi connectivity index (χ2v) is 6.81. The van der Waals surface area contributed by atoms with Crippen LogP contribution in [0, 0.1) is 0 Å². The zero-order valence-corrected chi connectivity index (χ0v) is 14.0. The van der Waals surface area contributed by atoms with Crippen LogP contribution in [0.25, 0.3) is 10.9 Å². The lowest BCUT2D eigenvalue weighted by atomic mass is 10.1. The average Bonchev–Trinajstić information content (AvgIpc) is 3.30. The Morgan fingerprint density at radius 3 is 2.64 bits per heavy atom. The van der Waals surface area contributed by atoms with E-state index in [-0.39, 0.29) is 5.91 Å². The molecule has 5 rings (SSSR count). The van der Waals surface area contributed by atoms with E-state index in [1.54, 1.807) is 6.20 Å². The molecule has 0 saturated carbocycles. The molecule has 4 heteroatoms. The molecule has 0 atom stereocenters. The third kappa shape index (κ3) is 2.37. The van der Waals surface area contributed by atoms with E-state index < -0.39 is 0 Å². The lowest BCUT2D eigenvalue weighted by molar-refractivity contribution is 0.0996. The van der Waals surface area contributed by atoms with Crippen molar-refractivity contribution in [3.8, 4) is 0 Å². The molecule has 0 unspecified atom stereocenters. The molecule has 2 aliphatic heterocycles. The number of pyridine rings is 1. The second-order valence-electron chi connectivity index (χ2n) is 6.81. The van der Waals surface area contributed by atoms with Crippen LogP contribution in [0.1, 0.15) is 28.8 Å². The summed E-state index contributed by atoms with van der Waals surface area (Å²) < 4.78 is 0. The predicted molar refractivity (Wildman–Crippen MR) is 100 cm³/mol. The number of rotatable bonds is 2. The number of fused-ring (bicyclic) bond motifs is 2. The summed E-state index contributed by atoms with van der Waals surface area (Å²) in [5.74, 6) is 0.0966. The topological polar surface area (TPSA) is 36.4 Å². The zero-order chi connectivity index (χ0) is 16.8. The van der Waals surface area contributed by atoms with Gasteiger partial charge in [-0.05, 0) is 54.8 Å². The van der Waals surface area contributed by atoms with Crippen molar-refractivity contribution in [3.05, 3.63) is 65.9 Å². The summed E-state index contributed by atoms with van der Waals surface area (Å²) in [6.45, 7) is 2.82. The molecule has 1 saturated heterocycles. The summed E-state index contributed by atoms with van der Waals surface area (Å²) in [7, 11) is 0. The maximum atomic E-state index is 13.0. The van der Waals surface area contributed by atoms with Crippen LogP contribution < -0.4 is 9.80 Å². The van der Waals surface area contributed by atoms with Gasteiger partial charge in [0.2, 0.25) is 0 Å². The van der Waals surface area contributed by atoms with E-state index in [0.717, 1.165) is 40.8 Å². The number of hydrogen-bond donors (Lipinski definition) is 0. The van der Waals surface area contributed by atoms with Crippen LogP contribution in [0.4, 0.5) is 11.4 Å². The van der Waals surface area contributed by atoms with E-state index in [4.69, 9.17) is 0 Å². The summed E-state index contributed by atoms with van der Waals surface area (Å²) in [4.78, 5) is 21.6. The van der Waals surface area contributed by atoms with E-state index in [0.29, 0.717) is 6.54 Å². The molecule has 2 aromatic carbocycles. The van der Waals surface area contributed by atoms with Gasteiger partial charge in [-0.2, -0.15) is 0 Å². The van der Waals surface area contributed by atoms with Crippen molar-refractivity contribution in [1.29, 1.82) is 0 Å². The monoisotopic (exact) mass is 329 g/mol. The lowest BCUT2D eigenvalue weighted by Gasteiger charge is -2.18. The predicted octanol–water partition coefficient (Wildman–Crippen LogP) is 4.00. The van der Waals surface area contributed by atoms with Crippen LogP contribution in [0.2, 0.25) is 0 Å². The van der Waals surface area contributed by atoms with Gasteiger partial charge in [-0.25, -0.2) is 0 Å². The highest BCUT2D eigenvalue weighted by molar-refractivity contribution is 6.11. The molecule has 2 aliphatic rings. The molecule has 1 fully saturated rings. The number of nitrogens with zero attached hydrogens (tertiary/aromatic N) is 3. The van der Waals surface area contributed by atoms with Crippen LogP contribution in [0.3, 0.4) is 0 Å². The molecule has 3 heterocycles. The fourth-order valence-corrected chi connectivity index (χ4v) is 3.90. The van der Waals surface area contributed by atoms with Gasteiger partial charge in [0.15, 0.2) is 0 Å². The Balaban J connectivity index is 1.50. The molecule has 25 heavy (non-hydrogen) atoms. The Labute approximate surface area is 146 Å². The molecule has 3 aromatic rings. The highest BCUT2D eigenvalue weighted by atomic mass is 16.2. The van der Waals surface area contributed by atoms with E-state index in [2.05, 4.69) is 28.1 Å². The van der Waals surface area contributed by atoms with Crippen molar-refractivity contribution in [2.45, 2.75) is 19.4 Å². The minimum Gasteiger partial charge on any atom is -0.372 e. The van der Waals surface area contributed by atoms with Gasteiger partial charge < -0.3 is 9.80 Å². The van der Waals surface area contributed by atoms with Crippen LogP contribution in [0.5, 0.6) is 0 Å². The van der Waals surface area contributed by atoms with Gasteiger partial charge in [0.1, 0.15) is 0 Å². The van der Waals surface area contributed by atoms with Crippen molar-refractivity contribution >= 4 is 28.2 Å². The second kappa shape index (κ2) is 5.59. The van der Waals surface area contributed by atoms with E-state index >= 15 is 0 Å². The summed E-state index contributed by atoms with van der Waals surface area (Å²) in [6, 6.07) is 16.3. The van der Waals surface area contributed by atoms with Gasteiger partial charge in [0, 0.05) is 41.6 Å². The van der Waals surface area contributed by atoms with Crippen molar-refractivity contribution < 1.29 is 4.79 Å².